The molecule has 1 aliphatic heterocycles. The summed E-state index contributed by atoms with van der Waals surface area (Å²) in [5.74, 6) is 0. The van der Waals surface area contributed by atoms with E-state index in [-0.39, 0.29) is 0 Å². The van der Waals surface area contributed by atoms with Crippen LogP contribution in [0.5, 0.6) is 0 Å². The molecule has 1 N–H and O–H groups in total. The standard InChI is InChI=1S/C10H18O3/c1-3-9(2,12)7-10(8-11)5-4-6-13-10/h8,12H,3-7H2,1-2H3. The predicted octanol–water partition coefficient (Wildman–Crippen LogP) is 1.29. The molecule has 2 unspecified atom stereocenters. The van der Waals surface area contributed by atoms with Crippen LogP contribution in [0, 0.1) is 0 Å². The fraction of sp³-hybridized carbons (Fsp3) is 0.900. The van der Waals surface area contributed by atoms with E-state index < -0.39 is 11.2 Å². The van der Waals surface area contributed by atoms with Gasteiger partial charge < -0.3 is 14.6 Å². The van der Waals surface area contributed by atoms with Crippen LogP contribution in [0.4, 0.5) is 0 Å². The number of hydrogen-bond acceptors (Lipinski definition) is 3. The molecule has 0 aromatic heterocycles. The highest BCUT2D eigenvalue weighted by atomic mass is 16.5. The molecular formula is C10H18O3. The number of aliphatic hydroxyl groups is 1. The zero-order valence-electron chi connectivity index (χ0n) is 8.38. The largest absolute Gasteiger partial charge is 0.390 e. The van der Waals surface area contributed by atoms with Crippen molar-refractivity contribution in [2.24, 2.45) is 0 Å². The molecular weight excluding hydrogens is 168 g/mol. The van der Waals surface area contributed by atoms with Crippen molar-refractivity contribution in [1.29, 1.82) is 0 Å². The minimum atomic E-state index is -0.786. The number of hydrogen-bond donors (Lipinski definition) is 1. The van der Waals surface area contributed by atoms with Crippen molar-refractivity contribution in [2.45, 2.75) is 50.7 Å². The fourth-order valence-corrected chi connectivity index (χ4v) is 1.76. The summed E-state index contributed by atoms with van der Waals surface area (Å²) < 4.78 is 5.40. The Morgan fingerprint density at radius 1 is 1.69 bits per heavy atom. The van der Waals surface area contributed by atoms with Crippen molar-refractivity contribution < 1.29 is 14.6 Å². The number of carbonyl (C=O) groups excluding carboxylic acids is 1. The molecule has 1 heterocycles. The van der Waals surface area contributed by atoms with Crippen LogP contribution in [-0.4, -0.2) is 29.2 Å². The summed E-state index contributed by atoms with van der Waals surface area (Å²) in [4.78, 5) is 10.9. The lowest BCUT2D eigenvalue weighted by molar-refractivity contribution is -0.133. The van der Waals surface area contributed by atoms with Crippen molar-refractivity contribution in [2.75, 3.05) is 6.61 Å². The Morgan fingerprint density at radius 3 is 2.77 bits per heavy atom. The predicted molar refractivity (Wildman–Crippen MR) is 49.5 cm³/mol. The van der Waals surface area contributed by atoms with Gasteiger partial charge in [0.1, 0.15) is 5.60 Å². The number of ether oxygens (including phenoxy) is 1. The fourth-order valence-electron chi connectivity index (χ4n) is 1.76. The molecule has 0 aromatic rings. The lowest BCUT2D eigenvalue weighted by Crippen LogP contribution is -2.40. The Morgan fingerprint density at radius 2 is 2.38 bits per heavy atom. The third kappa shape index (κ3) is 2.51. The molecule has 3 nitrogen and oxygen atoms in total. The summed E-state index contributed by atoms with van der Waals surface area (Å²) in [6.07, 6.45) is 3.57. The highest BCUT2D eigenvalue weighted by molar-refractivity contribution is 5.63. The Labute approximate surface area is 79.1 Å². The molecule has 2 atom stereocenters. The van der Waals surface area contributed by atoms with Gasteiger partial charge in [-0.3, -0.25) is 0 Å². The minimum absolute atomic E-state index is 0.417. The Kier molecular flexibility index (Phi) is 3.09. The Bertz CT molecular complexity index is 181. The van der Waals surface area contributed by atoms with Crippen LogP contribution in [-0.2, 0) is 9.53 Å². The van der Waals surface area contributed by atoms with Gasteiger partial charge in [-0.15, -0.1) is 0 Å². The van der Waals surface area contributed by atoms with Crippen LogP contribution in [0.2, 0.25) is 0 Å². The first-order valence-corrected chi connectivity index (χ1v) is 4.86. The molecule has 0 spiro atoms. The zero-order valence-corrected chi connectivity index (χ0v) is 8.38. The van der Waals surface area contributed by atoms with Gasteiger partial charge >= 0.3 is 0 Å². The number of rotatable bonds is 4. The summed E-state index contributed by atoms with van der Waals surface area (Å²) in [7, 11) is 0. The van der Waals surface area contributed by atoms with E-state index in [4.69, 9.17) is 4.74 Å². The SMILES string of the molecule is CCC(C)(O)CC1(C=O)CCCO1. The third-order valence-electron chi connectivity index (χ3n) is 2.79. The van der Waals surface area contributed by atoms with Crippen LogP contribution >= 0.6 is 0 Å². The monoisotopic (exact) mass is 186 g/mol. The van der Waals surface area contributed by atoms with E-state index in [2.05, 4.69) is 0 Å². The number of aldehydes is 1. The van der Waals surface area contributed by atoms with Crippen LogP contribution in [0.3, 0.4) is 0 Å². The second-order valence-corrected chi connectivity index (χ2v) is 4.16. The zero-order chi connectivity index (χ0) is 9.95. The smallest absolute Gasteiger partial charge is 0.151 e. The van der Waals surface area contributed by atoms with E-state index in [0.29, 0.717) is 19.4 Å². The summed E-state index contributed by atoms with van der Waals surface area (Å²) in [6.45, 7) is 4.30. The highest BCUT2D eigenvalue weighted by Gasteiger charge is 2.40. The molecule has 1 aliphatic rings. The summed E-state index contributed by atoms with van der Waals surface area (Å²) in [5.41, 5.74) is -1.50. The summed E-state index contributed by atoms with van der Waals surface area (Å²) >= 11 is 0. The first-order chi connectivity index (χ1) is 6.04. The van der Waals surface area contributed by atoms with Gasteiger partial charge in [-0.25, -0.2) is 0 Å². The average molecular weight is 186 g/mol. The first kappa shape index (κ1) is 10.7. The topological polar surface area (TPSA) is 46.5 Å². The van der Waals surface area contributed by atoms with Gasteiger partial charge in [-0.05, 0) is 26.2 Å². The molecule has 0 radical (unpaired) electrons. The van der Waals surface area contributed by atoms with Crippen molar-refractivity contribution in [3.8, 4) is 0 Å². The lowest BCUT2D eigenvalue weighted by Gasteiger charge is -2.30. The van der Waals surface area contributed by atoms with Gasteiger partial charge in [0.25, 0.3) is 0 Å². The van der Waals surface area contributed by atoms with Crippen LogP contribution in [0.15, 0.2) is 0 Å². The van der Waals surface area contributed by atoms with Crippen LogP contribution in [0.1, 0.15) is 39.5 Å². The maximum Gasteiger partial charge on any atom is 0.151 e. The van der Waals surface area contributed by atoms with Gasteiger partial charge in [-0.1, -0.05) is 6.92 Å². The van der Waals surface area contributed by atoms with Crippen molar-refractivity contribution >= 4 is 6.29 Å². The maximum absolute atomic E-state index is 10.9. The molecule has 1 fully saturated rings. The molecule has 0 saturated carbocycles. The van der Waals surface area contributed by atoms with Crippen LogP contribution in [0.25, 0.3) is 0 Å². The van der Waals surface area contributed by atoms with Gasteiger partial charge in [0.15, 0.2) is 6.29 Å². The van der Waals surface area contributed by atoms with Gasteiger partial charge in [0.2, 0.25) is 0 Å². The molecule has 0 aromatic carbocycles. The Balaban J connectivity index is 2.63. The van der Waals surface area contributed by atoms with Gasteiger partial charge in [-0.2, -0.15) is 0 Å². The van der Waals surface area contributed by atoms with E-state index in [1.807, 2.05) is 6.92 Å². The molecule has 13 heavy (non-hydrogen) atoms. The maximum atomic E-state index is 10.9. The van der Waals surface area contributed by atoms with Crippen LogP contribution < -0.4 is 0 Å². The molecule has 0 bridgehead atoms. The van der Waals surface area contributed by atoms with E-state index in [9.17, 15) is 9.90 Å². The van der Waals surface area contributed by atoms with E-state index in [0.717, 1.165) is 19.1 Å². The summed E-state index contributed by atoms with van der Waals surface area (Å²) in [6, 6.07) is 0. The molecule has 1 saturated heterocycles. The Hall–Kier alpha value is -0.410. The normalized spacial score (nSPS) is 32.8. The second-order valence-electron chi connectivity index (χ2n) is 4.16. The van der Waals surface area contributed by atoms with E-state index in [1.165, 1.54) is 0 Å². The third-order valence-corrected chi connectivity index (χ3v) is 2.79. The molecule has 0 aliphatic carbocycles. The highest BCUT2D eigenvalue weighted by Crippen LogP contribution is 2.33. The molecule has 0 amide bonds. The first-order valence-electron chi connectivity index (χ1n) is 4.86. The second kappa shape index (κ2) is 3.76. The van der Waals surface area contributed by atoms with E-state index >= 15 is 0 Å². The van der Waals surface area contributed by atoms with Gasteiger partial charge in [0.05, 0.1) is 5.60 Å². The van der Waals surface area contributed by atoms with Crippen molar-refractivity contribution in [3.05, 3.63) is 0 Å². The quantitative estimate of drug-likeness (QED) is 0.673. The van der Waals surface area contributed by atoms with Gasteiger partial charge in [0, 0.05) is 13.0 Å². The molecule has 3 heteroatoms. The molecule has 76 valence electrons. The number of carbonyl (C=O) groups is 1. The van der Waals surface area contributed by atoms with E-state index in [1.54, 1.807) is 6.92 Å². The average Bonchev–Trinajstić information content (AvgIpc) is 2.53. The lowest BCUT2D eigenvalue weighted by atomic mass is 9.86. The summed E-state index contributed by atoms with van der Waals surface area (Å²) in [5, 5.41) is 9.84. The van der Waals surface area contributed by atoms with Crippen molar-refractivity contribution in [3.63, 3.8) is 0 Å². The van der Waals surface area contributed by atoms with Crippen molar-refractivity contribution in [1.82, 2.24) is 0 Å². The molecule has 1 rings (SSSR count). The minimum Gasteiger partial charge on any atom is -0.390 e.